The zero-order valence-corrected chi connectivity index (χ0v) is 11.0. The molecule has 1 rings (SSSR count). The van der Waals surface area contributed by atoms with Crippen LogP contribution < -0.4 is 5.73 Å². The number of aromatic nitrogens is 2. The summed E-state index contributed by atoms with van der Waals surface area (Å²) in [5.74, 6) is 1.48. The van der Waals surface area contributed by atoms with Crippen LogP contribution in [0, 0.1) is 12.8 Å². The van der Waals surface area contributed by atoms with Crippen molar-refractivity contribution in [1.82, 2.24) is 9.97 Å². The second-order valence-electron chi connectivity index (χ2n) is 5.51. The summed E-state index contributed by atoms with van der Waals surface area (Å²) in [4.78, 5) is 9.12. The van der Waals surface area contributed by atoms with Gasteiger partial charge in [0, 0.05) is 23.3 Å². The number of hydrogen-bond acceptors (Lipinski definition) is 3. The summed E-state index contributed by atoms with van der Waals surface area (Å²) in [6, 6.07) is 2.07. The van der Waals surface area contributed by atoms with Crippen LogP contribution in [0.1, 0.15) is 44.9 Å². The minimum absolute atomic E-state index is 0.141. The van der Waals surface area contributed by atoms with Crippen molar-refractivity contribution in [2.75, 3.05) is 6.54 Å². The molecular weight excluding hydrogens is 198 g/mol. The summed E-state index contributed by atoms with van der Waals surface area (Å²) in [5.41, 5.74) is 7.77. The molecule has 0 fully saturated rings. The van der Waals surface area contributed by atoms with Crippen LogP contribution in [0.15, 0.2) is 6.07 Å². The summed E-state index contributed by atoms with van der Waals surface area (Å²) >= 11 is 0. The first kappa shape index (κ1) is 13.1. The Bertz CT molecular complexity index is 356. The third-order valence-electron chi connectivity index (χ3n) is 2.64. The molecule has 0 atom stereocenters. The van der Waals surface area contributed by atoms with E-state index in [0.29, 0.717) is 12.5 Å². The van der Waals surface area contributed by atoms with Crippen molar-refractivity contribution in [3.63, 3.8) is 0 Å². The molecule has 0 radical (unpaired) electrons. The van der Waals surface area contributed by atoms with Gasteiger partial charge in [0.05, 0.1) is 0 Å². The molecule has 0 bridgehead atoms. The Labute approximate surface area is 98.5 Å². The number of hydrogen-bond donors (Lipinski definition) is 1. The van der Waals surface area contributed by atoms with Crippen LogP contribution in [0.4, 0.5) is 0 Å². The minimum atomic E-state index is -0.141. The van der Waals surface area contributed by atoms with Crippen LogP contribution in [0.2, 0.25) is 0 Å². The van der Waals surface area contributed by atoms with Gasteiger partial charge in [-0.2, -0.15) is 0 Å². The number of nitrogens with zero attached hydrogens (tertiary/aromatic N) is 2. The van der Waals surface area contributed by atoms with E-state index in [1.54, 1.807) is 0 Å². The quantitative estimate of drug-likeness (QED) is 0.848. The van der Waals surface area contributed by atoms with Crippen molar-refractivity contribution < 1.29 is 0 Å². The summed E-state index contributed by atoms with van der Waals surface area (Å²) in [6.45, 7) is 11.2. The fourth-order valence-electron chi connectivity index (χ4n) is 1.55. The lowest BCUT2D eigenvalue weighted by molar-refractivity contribution is 0.494. The molecule has 16 heavy (non-hydrogen) atoms. The molecule has 1 heterocycles. The van der Waals surface area contributed by atoms with Gasteiger partial charge in [0.2, 0.25) is 0 Å². The summed E-state index contributed by atoms with van der Waals surface area (Å²) < 4.78 is 0. The van der Waals surface area contributed by atoms with Crippen molar-refractivity contribution in [3.05, 3.63) is 23.3 Å². The first-order valence-corrected chi connectivity index (χ1v) is 5.90. The second-order valence-corrected chi connectivity index (χ2v) is 5.51. The summed E-state index contributed by atoms with van der Waals surface area (Å²) in [5, 5.41) is 0. The maximum absolute atomic E-state index is 5.76. The zero-order chi connectivity index (χ0) is 12.3. The molecule has 1 aromatic rings. The van der Waals surface area contributed by atoms with E-state index < -0.39 is 0 Å². The van der Waals surface area contributed by atoms with E-state index in [1.165, 1.54) is 0 Å². The van der Waals surface area contributed by atoms with Crippen molar-refractivity contribution in [2.24, 2.45) is 11.7 Å². The Kier molecular flexibility index (Phi) is 4.03. The summed E-state index contributed by atoms with van der Waals surface area (Å²) in [6.07, 6.45) is 0.997. The van der Waals surface area contributed by atoms with Gasteiger partial charge >= 0.3 is 0 Å². The lowest BCUT2D eigenvalue weighted by atomic mass is 9.92. The predicted octanol–water partition coefficient (Wildman–Crippen LogP) is 2.22. The standard InChI is InChI=1S/C13H23N3/c1-9(2)6-11-7-10(3)15-12(16-11)13(4,5)8-14/h7,9H,6,8,14H2,1-5H3. The van der Waals surface area contributed by atoms with E-state index >= 15 is 0 Å². The molecule has 90 valence electrons. The van der Waals surface area contributed by atoms with Gasteiger partial charge in [-0.3, -0.25) is 0 Å². The zero-order valence-electron chi connectivity index (χ0n) is 11.0. The monoisotopic (exact) mass is 221 g/mol. The molecule has 0 saturated heterocycles. The highest BCUT2D eigenvalue weighted by atomic mass is 14.9. The Balaban J connectivity index is 3.07. The molecule has 0 aliphatic heterocycles. The molecule has 3 heteroatoms. The van der Waals surface area contributed by atoms with Gasteiger partial charge in [0.1, 0.15) is 5.82 Å². The molecule has 0 saturated carbocycles. The maximum Gasteiger partial charge on any atom is 0.135 e. The van der Waals surface area contributed by atoms with E-state index in [-0.39, 0.29) is 5.41 Å². The van der Waals surface area contributed by atoms with Gasteiger partial charge in [-0.15, -0.1) is 0 Å². The second kappa shape index (κ2) is 4.91. The van der Waals surface area contributed by atoms with Gasteiger partial charge in [0.15, 0.2) is 0 Å². The van der Waals surface area contributed by atoms with E-state index in [4.69, 9.17) is 5.73 Å². The van der Waals surface area contributed by atoms with Gasteiger partial charge in [-0.1, -0.05) is 27.7 Å². The Hall–Kier alpha value is -0.960. The molecule has 3 nitrogen and oxygen atoms in total. The van der Waals surface area contributed by atoms with Crippen molar-refractivity contribution in [3.8, 4) is 0 Å². The number of aryl methyl sites for hydroxylation is 1. The molecule has 2 N–H and O–H groups in total. The highest BCUT2D eigenvalue weighted by Crippen LogP contribution is 2.19. The van der Waals surface area contributed by atoms with E-state index in [0.717, 1.165) is 23.6 Å². The normalized spacial score (nSPS) is 12.2. The lowest BCUT2D eigenvalue weighted by Gasteiger charge is -2.21. The van der Waals surface area contributed by atoms with Crippen LogP contribution >= 0.6 is 0 Å². The highest BCUT2D eigenvalue weighted by molar-refractivity contribution is 5.15. The third kappa shape index (κ3) is 3.27. The molecule has 0 aliphatic carbocycles. The molecule has 0 aromatic carbocycles. The topological polar surface area (TPSA) is 51.8 Å². The average molecular weight is 221 g/mol. The van der Waals surface area contributed by atoms with Crippen LogP contribution in [0.5, 0.6) is 0 Å². The average Bonchev–Trinajstić information content (AvgIpc) is 2.15. The molecule has 1 aromatic heterocycles. The Morgan fingerprint density at radius 2 is 1.94 bits per heavy atom. The van der Waals surface area contributed by atoms with Gasteiger partial charge in [-0.05, 0) is 25.3 Å². The highest BCUT2D eigenvalue weighted by Gasteiger charge is 2.22. The molecule has 0 unspecified atom stereocenters. The van der Waals surface area contributed by atoms with E-state index in [9.17, 15) is 0 Å². The molecule has 0 aliphatic rings. The van der Waals surface area contributed by atoms with Crippen molar-refractivity contribution in [1.29, 1.82) is 0 Å². The first-order chi connectivity index (χ1) is 7.35. The van der Waals surface area contributed by atoms with E-state index in [2.05, 4.69) is 43.7 Å². The largest absolute Gasteiger partial charge is 0.329 e. The SMILES string of the molecule is Cc1cc(CC(C)C)nc(C(C)(C)CN)n1. The fraction of sp³-hybridized carbons (Fsp3) is 0.692. The van der Waals surface area contributed by atoms with Gasteiger partial charge in [-0.25, -0.2) is 9.97 Å². The fourth-order valence-corrected chi connectivity index (χ4v) is 1.55. The first-order valence-electron chi connectivity index (χ1n) is 5.90. The summed E-state index contributed by atoms with van der Waals surface area (Å²) in [7, 11) is 0. The number of nitrogens with two attached hydrogens (primary N) is 1. The third-order valence-corrected chi connectivity index (χ3v) is 2.64. The van der Waals surface area contributed by atoms with Crippen LogP contribution in [0.3, 0.4) is 0 Å². The van der Waals surface area contributed by atoms with Gasteiger partial charge in [0.25, 0.3) is 0 Å². The van der Waals surface area contributed by atoms with Crippen molar-refractivity contribution >= 4 is 0 Å². The number of rotatable bonds is 4. The van der Waals surface area contributed by atoms with E-state index in [1.807, 2.05) is 6.92 Å². The minimum Gasteiger partial charge on any atom is -0.329 e. The van der Waals surface area contributed by atoms with Crippen LogP contribution in [-0.2, 0) is 11.8 Å². The predicted molar refractivity (Wildman–Crippen MR) is 67.4 cm³/mol. The lowest BCUT2D eigenvalue weighted by Crippen LogP contribution is -2.31. The smallest absolute Gasteiger partial charge is 0.135 e. The van der Waals surface area contributed by atoms with Crippen LogP contribution in [-0.4, -0.2) is 16.5 Å². The Morgan fingerprint density at radius 3 is 2.44 bits per heavy atom. The van der Waals surface area contributed by atoms with Crippen molar-refractivity contribution in [2.45, 2.75) is 46.5 Å². The molecular formula is C13H23N3. The molecule has 0 amide bonds. The molecule has 0 spiro atoms. The van der Waals surface area contributed by atoms with Gasteiger partial charge < -0.3 is 5.73 Å². The Morgan fingerprint density at radius 1 is 1.31 bits per heavy atom. The van der Waals surface area contributed by atoms with Crippen LogP contribution in [0.25, 0.3) is 0 Å². The maximum atomic E-state index is 5.76.